The molecule has 6 nitrogen and oxygen atoms in total. The van der Waals surface area contributed by atoms with Gasteiger partial charge in [0.05, 0.1) is 18.2 Å². The Morgan fingerprint density at radius 3 is 2.78 bits per heavy atom. The maximum Gasteiger partial charge on any atom is 0.354 e. The third-order valence-corrected chi connectivity index (χ3v) is 3.74. The zero-order valence-electron chi connectivity index (χ0n) is 12.4. The molecule has 1 atom stereocenters. The Balaban J connectivity index is 1.78. The molecular formula is C17H16N2O4. The summed E-state index contributed by atoms with van der Waals surface area (Å²) in [6.45, 7) is 0.623. The van der Waals surface area contributed by atoms with Crippen LogP contribution in [0.3, 0.4) is 0 Å². The Bertz CT molecular complexity index is 728. The first-order chi connectivity index (χ1) is 11.1. The van der Waals surface area contributed by atoms with Crippen LogP contribution in [0.2, 0.25) is 0 Å². The van der Waals surface area contributed by atoms with E-state index < -0.39 is 5.97 Å². The SMILES string of the molecule is O=C(NC1CCCOc2ccccc21)c1ccc(C(=O)O)nc1. The van der Waals surface area contributed by atoms with E-state index in [4.69, 9.17) is 9.84 Å². The van der Waals surface area contributed by atoms with Gasteiger partial charge in [0.15, 0.2) is 0 Å². The number of hydrogen-bond donors (Lipinski definition) is 2. The molecule has 2 heterocycles. The Kier molecular flexibility index (Phi) is 4.23. The highest BCUT2D eigenvalue weighted by atomic mass is 16.5. The van der Waals surface area contributed by atoms with Crippen LogP contribution in [-0.2, 0) is 0 Å². The van der Waals surface area contributed by atoms with E-state index in [1.54, 1.807) is 0 Å². The van der Waals surface area contributed by atoms with Gasteiger partial charge in [0, 0.05) is 11.8 Å². The highest BCUT2D eigenvalue weighted by Crippen LogP contribution is 2.31. The van der Waals surface area contributed by atoms with Crippen molar-refractivity contribution in [2.24, 2.45) is 0 Å². The number of pyridine rings is 1. The van der Waals surface area contributed by atoms with Gasteiger partial charge in [-0.25, -0.2) is 9.78 Å². The Hall–Kier alpha value is -2.89. The minimum Gasteiger partial charge on any atom is -0.493 e. The molecule has 0 radical (unpaired) electrons. The fourth-order valence-corrected chi connectivity index (χ4v) is 2.57. The number of nitrogens with zero attached hydrogens (tertiary/aromatic N) is 1. The topological polar surface area (TPSA) is 88.5 Å². The minimum absolute atomic E-state index is 0.0882. The molecule has 1 amide bonds. The Morgan fingerprint density at radius 2 is 2.04 bits per heavy atom. The molecule has 23 heavy (non-hydrogen) atoms. The monoisotopic (exact) mass is 312 g/mol. The van der Waals surface area contributed by atoms with Gasteiger partial charge in [0.1, 0.15) is 11.4 Å². The maximum atomic E-state index is 12.4. The summed E-state index contributed by atoms with van der Waals surface area (Å²) in [6, 6.07) is 10.3. The van der Waals surface area contributed by atoms with E-state index in [2.05, 4.69) is 10.3 Å². The van der Waals surface area contributed by atoms with E-state index in [1.165, 1.54) is 18.3 Å². The van der Waals surface area contributed by atoms with Crippen molar-refractivity contribution in [2.45, 2.75) is 18.9 Å². The first-order valence-electron chi connectivity index (χ1n) is 7.37. The van der Waals surface area contributed by atoms with Gasteiger partial charge in [-0.1, -0.05) is 18.2 Å². The van der Waals surface area contributed by atoms with Crippen LogP contribution in [0.4, 0.5) is 0 Å². The number of carboxylic acids is 1. The van der Waals surface area contributed by atoms with Crippen LogP contribution in [-0.4, -0.2) is 28.6 Å². The van der Waals surface area contributed by atoms with E-state index >= 15 is 0 Å². The van der Waals surface area contributed by atoms with Gasteiger partial charge in [0.25, 0.3) is 5.91 Å². The van der Waals surface area contributed by atoms with Crippen molar-refractivity contribution in [3.63, 3.8) is 0 Å². The highest BCUT2D eigenvalue weighted by Gasteiger charge is 2.21. The van der Waals surface area contributed by atoms with Crippen LogP contribution < -0.4 is 10.1 Å². The molecule has 2 N–H and O–H groups in total. The third-order valence-electron chi connectivity index (χ3n) is 3.74. The third kappa shape index (κ3) is 3.31. The molecule has 0 aliphatic carbocycles. The highest BCUT2D eigenvalue weighted by molar-refractivity contribution is 5.95. The van der Waals surface area contributed by atoms with Crippen molar-refractivity contribution in [1.29, 1.82) is 0 Å². The lowest BCUT2D eigenvalue weighted by Gasteiger charge is -2.18. The first kappa shape index (κ1) is 15.0. The number of ether oxygens (including phenoxy) is 1. The normalized spacial score (nSPS) is 16.6. The molecule has 118 valence electrons. The van der Waals surface area contributed by atoms with Crippen molar-refractivity contribution in [1.82, 2.24) is 10.3 Å². The minimum atomic E-state index is -1.12. The number of hydrogen-bond acceptors (Lipinski definition) is 4. The number of benzene rings is 1. The van der Waals surface area contributed by atoms with Gasteiger partial charge in [-0.2, -0.15) is 0 Å². The summed E-state index contributed by atoms with van der Waals surface area (Å²) in [4.78, 5) is 26.9. The predicted molar refractivity (Wildman–Crippen MR) is 82.6 cm³/mol. The zero-order valence-corrected chi connectivity index (χ0v) is 12.4. The summed E-state index contributed by atoms with van der Waals surface area (Å²) in [6.07, 6.45) is 2.90. The van der Waals surface area contributed by atoms with Crippen LogP contribution in [0.25, 0.3) is 0 Å². The molecule has 0 saturated heterocycles. The van der Waals surface area contributed by atoms with Crippen LogP contribution in [0.5, 0.6) is 5.75 Å². The second-order valence-electron chi connectivity index (χ2n) is 5.29. The molecule has 0 spiro atoms. The molecule has 3 rings (SSSR count). The van der Waals surface area contributed by atoms with Crippen molar-refractivity contribution >= 4 is 11.9 Å². The van der Waals surface area contributed by atoms with Crippen molar-refractivity contribution in [3.8, 4) is 5.75 Å². The first-order valence-corrected chi connectivity index (χ1v) is 7.37. The lowest BCUT2D eigenvalue weighted by molar-refractivity contribution is 0.0689. The van der Waals surface area contributed by atoms with Crippen LogP contribution >= 0.6 is 0 Å². The van der Waals surface area contributed by atoms with Gasteiger partial charge in [-0.3, -0.25) is 4.79 Å². The van der Waals surface area contributed by atoms with Crippen molar-refractivity contribution in [2.75, 3.05) is 6.61 Å². The number of nitrogens with one attached hydrogen (secondary N) is 1. The molecular weight excluding hydrogens is 296 g/mol. The quantitative estimate of drug-likeness (QED) is 0.908. The van der Waals surface area contributed by atoms with Crippen molar-refractivity contribution in [3.05, 3.63) is 59.4 Å². The summed E-state index contributed by atoms with van der Waals surface area (Å²) in [5.74, 6) is -0.613. The largest absolute Gasteiger partial charge is 0.493 e. The molecule has 6 heteroatoms. The van der Waals surface area contributed by atoms with Gasteiger partial charge in [-0.05, 0) is 31.0 Å². The average Bonchev–Trinajstić information content (AvgIpc) is 2.77. The molecule has 0 saturated carbocycles. The molecule has 0 fully saturated rings. The van der Waals surface area contributed by atoms with E-state index in [0.29, 0.717) is 12.2 Å². The predicted octanol–water partition coefficient (Wildman–Crippen LogP) is 2.42. The second-order valence-corrected chi connectivity index (χ2v) is 5.29. The summed E-state index contributed by atoms with van der Waals surface area (Å²) < 4.78 is 5.68. The molecule has 1 aromatic carbocycles. The van der Waals surface area contributed by atoms with Gasteiger partial charge < -0.3 is 15.2 Å². The van der Waals surface area contributed by atoms with Gasteiger partial charge in [0.2, 0.25) is 0 Å². The fourth-order valence-electron chi connectivity index (χ4n) is 2.57. The second kappa shape index (κ2) is 6.48. The molecule has 1 aromatic heterocycles. The number of rotatable bonds is 3. The van der Waals surface area contributed by atoms with Crippen molar-refractivity contribution < 1.29 is 19.4 Å². The van der Waals surface area contributed by atoms with Crippen LogP contribution in [0.15, 0.2) is 42.6 Å². The summed E-state index contributed by atoms with van der Waals surface area (Å²) >= 11 is 0. The molecule has 1 unspecified atom stereocenters. The molecule has 1 aliphatic heterocycles. The number of carboxylic acid groups (broad SMARTS) is 1. The molecule has 1 aliphatic rings. The van der Waals surface area contributed by atoms with Gasteiger partial charge in [-0.15, -0.1) is 0 Å². The average molecular weight is 312 g/mol. The number of aromatic carboxylic acids is 1. The van der Waals surface area contributed by atoms with Crippen LogP contribution in [0.1, 0.15) is 45.3 Å². The summed E-state index contributed by atoms with van der Waals surface area (Å²) in [7, 11) is 0. The molecule has 2 aromatic rings. The molecule has 0 bridgehead atoms. The number of aromatic nitrogens is 1. The number of carbonyl (C=O) groups is 2. The van der Waals surface area contributed by atoms with Gasteiger partial charge >= 0.3 is 5.97 Å². The zero-order chi connectivity index (χ0) is 16.2. The van der Waals surface area contributed by atoms with E-state index in [9.17, 15) is 9.59 Å². The summed E-state index contributed by atoms with van der Waals surface area (Å²) in [5.41, 5.74) is 1.20. The lowest BCUT2D eigenvalue weighted by Crippen LogP contribution is -2.28. The van der Waals surface area contributed by atoms with E-state index in [-0.39, 0.29) is 17.6 Å². The number of para-hydroxylation sites is 1. The number of fused-ring (bicyclic) bond motifs is 1. The number of amides is 1. The van der Waals surface area contributed by atoms with E-state index in [0.717, 1.165) is 24.2 Å². The van der Waals surface area contributed by atoms with Crippen LogP contribution in [0, 0.1) is 0 Å². The number of carbonyl (C=O) groups excluding carboxylic acids is 1. The Labute approximate surface area is 133 Å². The maximum absolute atomic E-state index is 12.4. The smallest absolute Gasteiger partial charge is 0.354 e. The van der Waals surface area contributed by atoms with E-state index in [1.807, 2.05) is 24.3 Å². The Morgan fingerprint density at radius 1 is 1.22 bits per heavy atom. The summed E-state index contributed by atoms with van der Waals surface area (Å²) in [5, 5.41) is 11.8. The lowest BCUT2D eigenvalue weighted by atomic mass is 10.0. The standard InChI is InChI=1S/C17H16N2O4/c20-16(11-7-8-14(17(21)22)18-10-11)19-13-5-3-9-23-15-6-2-1-4-12(13)15/h1-2,4,6-8,10,13H,3,5,9H2,(H,19,20)(H,21,22). The fraction of sp³-hybridized carbons (Fsp3) is 0.235.